The zero-order valence-corrected chi connectivity index (χ0v) is 8.96. The first kappa shape index (κ1) is 9.72. The quantitative estimate of drug-likeness (QED) is 0.777. The van der Waals surface area contributed by atoms with Gasteiger partial charge in [-0.3, -0.25) is 0 Å². The Morgan fingerprint density at radius 2 is 1.86 bits per heavy atom. The average molecular weight is 190 g/mol. The minimum absolute atomic E-state index is 0.0896. The number of rotatable bonds is 3. The lowest BCUT2D eigenvalue weighted by Gasteiger charge is -2.19. The van der Waals surface area contributed by atoms with Gasteiger partial charge in [0.2, 0.25) is 0 Å². The van der Waals surface area contributed by atoms with Gasteiger partial charge < -0.3 is 5.11 Å². The molecule has 0 radical (unpaired) electrons. The average Bonchev–Trinajstić information content (AvgIpc) is 2.99. The first-order chi connectivity index (χ1) is 6.69. The van der Waals surface area contributed by atoms with Crippen LogP contribution in [0.15, 0.2) is 24.3 Å². The Hall–Kier alpha value is -0.820. The van der Waals surface area contributed by atoms with E-state index in [4.69, 9.17) is 0 Å². The van der Waals surface area contributed by atoms with Gasteiger partial charge in [0.15, 0.2) is 0 Å². The molecule has 0 spiro atoms. The molecule has 1 aliphatic rings. The van der Waals surface area contributed by atoms with Crippen molar-refractivity contribution < 1.29 is 5.11 Å². The van der Waals surface area contributed by atoms with E-state index in [2.05, 4.69) is 31.2 Å². The molecule has 1 aromatic rings. The molecule has 0 aromatic heterocycles. The fourth-order valence-corrected chi connectivity index (χ4v) is 2.15. The lowest BCUT2D eigenvalue weighted by Crippen LogP contribution is -2.22. The minimum atomic E-state index is -0.213. The van der Waals surface area contributed by atoms with Crippen LogP contribution in [-0.4, -0.2) is 11.2 Å². The zero-order chi connectivity index (χ0) is 10.2. The number of benzene rings is 1. The molecular weight excluding hydrogens is 172 g/mol. The fraction of sp³-hybridized carbons (Fsp3) is 0.538. The molecule has 1 atom stereocenters. The zero-order valence-electron chi connectivity index (χ0n) is 8.96. The highest BCUT2D eigenvalue weighted by molar-refractivity contribution is 5.35. The van der Waals surface area contributed by atoms with Gasteiger partial charge in [-0.25, -0.2) is 0 Å². The predicted molar refractivity (Wildman–Crippen MR) is 58.4 cm³/mol. The Bertz CT molecular complexity index is 307. The Morgan fingerprint density at radius 1 is 1.29 bits per heavy atom. The summed E-state index contributed by atoms with van der Waals surface area (Å²) in [6.07, 6.45) is 3.14. The van der Waals surface area contributed by atoms with Crippen LogP contribution >= 0.6 is 0 Å². The molecule has 14 heavy (non-hydrogen) atoms. The molecule has 2 rings (SSSR count). The number of aliphatic hydroxyl groups excluding tert-OH is 1. The van der Waals surface area contributed by atoms with Gasteiger partial charge in [0, 0.05) is 5.41 Å². The fourth-order valence-electron chi connectivity index (χ4n) is 2.15. The van der Waals surface area contributed by atoms with E-state index in [1.807, 2.05) is 6.92 Å². The third-order valence-corrected chi connectivity index (χ3v) is 3.53. The van der Waals surface area contributed by atoms with E-state index in [1.165, 1.54) is 11.1 Å². The molecule has 1 saturated carbocycles. The molecule has 1 nitrogen and oxygen atoms in total. The highest BCUT2D eigenvalue weighted by atomic mass is 16.3. The third kappa shape index (κ3) is 1.46. The van der Waals surface area contributed by atoms with Gasteiger partial charge in [0.25, 0.3) is 0 Å². The molecule has 0 heterocycles. The molecule has 0 aliphatic heterocycles. The normalized spacial score (nSPS) is 20.5. The summed E-state index contributed by atoms with van der Waals surface area (Å²) in [5, 5.41) is 9.72. The van der Waals surface area contributed by atoms with Gasteiger partial charge in [-0.1, -0.05) is 31.2 Å². The highest BCUT2D eigenvalue weighted by Gasteiger charge is 2.48. The van der Waals surface area contributed by atoms with Gasteiger partial charge in [-0.05, 0) is 37.3 Å². The molecule has 1 N–H and O–H groups in total. The van der Waals surface area contributed by atoms with E-state index in [0.717, 1.165) is 19.3 Å². The smallest absolute Gasteiger partial charge is 0.0608 e. The summed E-state index contributed by atoms with van der Waals surface area (Å²) >= 11 is 0. The monoisotopic (exact) mass is 190 g/mol. The summed E-state index contributed by atoms with van der Waals surface area (Å²) in [6.45, 7) is 4.07. The van der Waals surface area contributed by atoms with Gasteiger partial charge in [0.05, 0.1) is 6.10 Å². The van der Waals surface area contributed by atoms with Crippen molar-refractivity contribution in [3.8, 4) is 0 Å². The minimum Gasteiger partial charge on any atom is -0.392 e. The molecule has 0 bridgehead atoms. The number of aliphatic hydroxyl groups is 1. The van der Waals surface area contributed by atoms with Crippen molar-refractivity contribution in [2.24, 2.45) is 0 Å². The van der Waals surface area contributed by atoms with Gasteiger partial charge in [-0.15, -0.1) is 0 Å². The Labute approximate surface area is 85.8 Å². The Balaban J connectivity index is 2.25. The summed E-state index contributed by atoms with van der Waals surface area (Å²) in [7, 11) is 0. The van der Waals surface area contributed by atoms with E-state index in [0.29, 0.717) is 0 Å². The predicted octanol–water partition coefficient (Wildman–Crippen LogP) is 2.66. The second-order valence-electron chi connectivity index (χ2n) is 4.38. The van der Waals surface area contributed by atoms with Crippen LogP contribution in [0.1, 0.15) is 37.8 Å². The van der Waals surface area contributed by atoms with Crippen LogP contribution in [0.2, 0.25) is 0 Å². The second-order valence-corrected chi connectivity index (χ2v) is 4.38. The Morgan fingerprint density at radius 3 is 2.21 bits per heavy atom. The number of hydrogen-bond donors (Lipinski definition) is 1. The number of aryl methyl sites for hydroxylation is 1. The second kappa shape index (κ2) is 3.39. The van der Waals surface area contributed by atoms with Crippen molar-refractivity contribution in [2.45, 2.75) is 44.6 Å². The van der Waals surface area contributed by atoms with Crippen LogP contribution in [-0.2, 0) is 11.8 Å². The van der Waals surface area contributed by atoms with Gasteiger partial charge in [-0.2, -0.15) is 0 Å². The molecular formula is C13H18O. The highest BCUT2D eigenvalue weighted by Crippen LogP contribution is 2.50. The molecule has 0 saturated heterocycles. The van der Waals surface area contributed by atoms with E-state index in [9.17, 15) is 5.11 Å². The molecule has 1 aromatic carbocycles. The maximum Gasteiger partial charge on any atom is 0.0608 e. The molecule has 1 aliphatic carbocycles. The van der Waals surface area contributed by atoms with Crippen LogP contribution in [0.3, 0.4) is 0 Å². The van der Waals surface area contributed by atoms with Crippen LogP contribution in [0.5, 0.6) is 0 Å². The summed E-state index contributed by atoms with van der Waals surface area (Å²) in [6, 6.07) is 8.71. The molecule has 76 valence electrons. The van der Waals surface area contributed by atoms with E-state index >= 15 is 0 Å². The van der Waals surface area contributed by atoms with Crippen LogP contribution in [0, 0.1) is 0 Å². The first-order valence-corrected chi connectivity index (χ1v) is 5.46. The molecule has 1 heteroatoms. The topological polar surface area (TPSA) is 20.2 Å². The van der Waals surface area contributed by atoms with Gasteiger partial charge in [0.1, 0.15) is 0 Å². The number of hydrogen-bond acceptors (Lipinski definition) is 1. The molecule has 1 fully saturated rings. The summed E-state index contributed by atoms with van der Waals surface area (Å²) in [4.78, 5) is 0. The Kier molecular flexibility index (Phi) is 2.36. The SMILES string of the molecule is CCc1ccc(C2(C(C)O)CC2)cc1. The summed E-state index contributed by atoms with van der Waals surface area (Å²) < 4.78 is 0. The third-order valence-electron chi connectivity index (χ3n) is 3.53. The summed E-state index contributed by atoms with van der Waals surface area (Å²) in [5.74, 6) is 0. The summed E-state index contributed by atoms with van der Waals surface area (Å²) in [5.41, 5.74) is 2.77. The van der Waals surface area contributed by atoms with E-state index < -0.39 is 0 Å². The van der Waals surface area contributed by atoms with Crippen molar-refractivity contribution in [3.63, 3.8) is 0 Å². The molecule has 0 amide bonds. The van der Waals surface area contributed by atoms with Crippen molar-refractivity contribution in [1.29, 1.82) is 0 Å². The lowest BCUT2D eigenvalue weighted by molar-refractivity contribution is 0.150. The lowest BCUT2D eigenvalue weighted by atomic mass is 9.90. The van der Waals surface area contributed by atoms with Crippen LogP contribution < -0.4 is 0 Å². The van der Waals surface area contributed by atoms with Crippen molar-refractivity contribution in [1.82, 2.24) is 0 Å². The first-order valence-electron chi connectivity index (χ1n) is 5.46. The molecule has 1 unspecified atom stereocenters. The van der Waals surface area contributed by atoms with Crippen LogP contribution in [0.4, 0.5) is 0 Å². The van der Waals surface area contributed by atoms with Crippen molar-refractivity contribution in [3.05, 3.63) is 35.4 Å². The maximum absolute atomic E-state index is 9.72. The maximum atomic E-state index is 9.72. The standard InChI is InChI=1S/C13H18O/c1-3-11-4-6-12(7-5-11)13(8-9-13)10(2)14/h4-7,10,14H,3,8-9H2,1-2H3. The van der Waals surface area contributed by atoms with Crippen LogP contribution in [0.25, 0.3) is 0 Å². The largest absolute Gasteiger partial charge is 0.392 e. The van der Waals surface area contributed by atoms with Crippen molar-refractivity contribution in [2.75, 3.05) is 0 Å². The van der Waals surface area contributed by atoms with E-state index in [1.54, 1.807) is 0 Å². The van der Waals surface area contributed by atoms with Crippen molar-refractivity contribution >= 4 is 0 Å². The van der Waals surface area contributed by atoms with Gasteiger partial charge >= 0.3 is 0 Å². The van der Waals surface area contributed by atoms with E-state index in [-0.39, 0.29) is 11.5 Å².